The number of hydrogen-bond acceptors (Lipinski definition) is 6. The first-order valence-corrected chi connectivity index (χ1v) is 11.9. The molecule has 2 aromatic carbocycles. The minimum absolute atomic E-state index is 0.0426. The lowest BCUT2D eigenvalue weighted by Gasteiger charge is -2.32. The number of carbonyl (C=O) groups excluding carboxylic acids is 2. The van der Waals surface area contributed by atoms with E-state index in [0.29, 0.717) is 55.3 Å². The van der Waals surface area contributed by atoms with E-state index in [4.69, 9.17) is 4.74 Å². The van der Waals surface area contributed by atoms with Crippen molar-refractivity contribution in [2.75, 3.05) is 38.7 Å². The number of carbonyl (C=O) groups is 2. The van der Waals surface area contributed by atoms with Crippen LogP contribution in [0.1, 0.15) is 12.0 Å². The van der Waals surface area contributed by atoms with Crippen LogP contribution < -0.4 is 20.7 Å². The molecule has 2 aliphatic rings. The molecule has 0 fully saturated rings. The zero-order chi connectivity index (χ0) is 26.9. The van der Waals surface area contributed by atoms with Gasteiger partial charge in [-0.15, -0.1) is 0 Å². The summed E-state index contributed by atoms with van der Waals surface area (Å²) in [5.74, 6) is 1.01. The highest BCUT2D eigenvalue weighted by Crippen LogP contribution is 2.31. The van der Waals surface area contributed by atoms with E-state index >= 15 is 0 Å². The molecule has 0 radical (unpaired) electrons. The Hall–Kier alpha value is -4.32. The summed E-state index contributed by atoms with van der Waals surface area (Å²) in [6, 6.07) is 10.8. The van der Waals surface area contributed by atoms with Crippen molar-refractivity contribution >= 4 is 34.4 Å². The van der Waals surface area contributed by atoms with Crippen molar-refractivity contribution in [3.05, 3.63) is 71.6 Å². The predicted octanol–water partition coefficient (Wildman–Crippen LogP) is 3.78. The van der Waals surface area contributed by atoms with Gasteiger partial charge < -0.3 is 20.7 Å². The molecule has 0 spiro atoms. The topological polar surface area (TPSA) is 100.0 Å². The minimum atomic E-state index is -4.50. The number of anilines is 1. The number of aromatic nitrogens is 1. The fraction of sp³-hybridized carbons (Fsp3) is 0.269. The van der Waals surface area contributed by atoms with Crippen LogP contribution in [-0.4, -0.2) is 60.7 Å². The number of alkyl halides is 3. The molecule has 2 amide bonds. The van der Waals surface area contributed by atoms with E-state index in [2.05, 4.69) is 20.9 Å². The molecule has 3 aromatic rings. The highest BCUT2D eigenvalue weighted by atomic mass is 19.4. The molecule has 38 heavy (non-hydrogen) atoms. The number of amides is 2. The van der Waals surface area contributed by atoms with Crippen LogP contribution in [0.5, 0.6) is 5.75 Å². The molecule has 9 nitrogen and oxygen atoms in total. The number of hydrogen-bond donors (Lipinski definition) is 3. The Morgan fingerprint density at radius 1 is 1.16 bits per heavy atom. The quantitative estimate of drug-likeness (QED) is 0.481. The van der Waals surface area contributed by atoms with Crippen molar-refractivity contribution in [2.45, 2.75) is 12.6 Å². The van der Waals surface area contributed by atoms with Gasteiger partial charge in [0.05, 0.1) is 17.6 Å². The number of ether oxygens (including phenoxy) is 1. The van der Waals surface area contributed by atoms with Crippen molar-refractivity contribution in [1.29, 1.82) is 0 Å². The number of aliphatic imine (C=N–C) groups is 1. The van der Waals surface area contributed by atoms with E-state index in [0.717, 1.165) is 23.4 Å². The minimum Gasteiger partial charge on any atom is -0.439 e. The van der Waals surface area contributed by atoms with Crippen LogP contribution in [0.3, 0.4) is 0 Å². The van der Waals surface area contributed by atoms with Gasteiger partial charge in [-0.1, -0.05) is 6.07 Å². The van der Waals surface area contributed by atoms with Gasteiger partial charge >= 0.3 is 12.2 Å². The van der Waals surface area contributed by atoms with Crippen molar-refractivity contribution < 1.29 is 27.5 Å². The van der Waals surface area contributed by atoms with Gasteiger partial charge in [0.25, 0.3) is 0 Å². The second-order valence-electron chi connectivity index (χ2n) is 8.91. The van der Waals surface area contributed by atoms with Gasteiger partial charge in [-0.3, -0.25) is 14.3 Å². The monoisotopic (exact) mass is 526 g/mol. The van der Waals surface area contributed by atoms with Gasteiger partial charge in [0.2, 0.25) is 11.8 Å². The summed E-state index contributed by atoms with van der Waals surface area (Å²) < 4.78 is 46.4. The van der Waals surface area contributed by atoms with Crippen LogP contribution in [0, 0.1) is 0 Å². The third kappa shape index (κ3) is 5.35. The fourth-order valence-corrected chi connectivity index (χ4v) is 4.46. The predicted molar refractivity (Wildman–Crippen MR) is 136 cm³/mol. The lowest BCUT2D eigenvalue weighted by molar-refractivity contribution is -0.137. The molecule has 0 saturated heterocycles. The van der Waals surface area contributed by atoms with E-state index < -0.39 is 17.8 Å². The standard InChI is InChI=1S/C26H25F3N6O3/c1-30-23(36)14-34-9-8-20-21(13-34)31-15-32-24(20)38-19-5-6-22-16(11-19)7-10-35(22)25(37)33-18-4-2-3-17(12-18)26(27,28)29/h2-7,10-12,31H,8-9,13-15H2,1H3,(H,30,36)(H,33,37). The van der Waals surface area contributed by atoms with E-state index in [-0.39, 0.29) is 11.6 Å². The molecule has 3 heterocycles. The molecule has 2 aliphatic heterocycles. The Morgan fingerprint density at radius 3 is 2.79 bits per heavy atom. The summed E-state index contributed by atoms with van der Waals surface area (Å²) >= 11 is 0. The summed E-state index contributed by atoms with van der Waals surface area (Å²) in [5.41, 5.74) is 1.70. The van der Waals surface area contributed by atoms with Gasteiger partial charge in [0.15, 0.2) is 0 Å². The van der Waals surface area contributed by atoms with E-state index in [9.17, 15) is 22.8 Å². The van der Waals surface area contributed by atoms with Crippen LogP contribution in [0.4, 0.5) is 23.7 Å². The van der Waals surface area contributed by atoms with Gasteiger partial charge in [-0.2, -0.15) is 13.2 Å². The first kappa shape index (κ1) is 25.3. The third-order valence-corrected chi connectivity index (χ3v) is 6.38. The molecule has 0 unspecified atom stereocenters. The van der Waals surface area contributed by atoms with E-state index in [1.165, 1.54) is 16.7 Å². The Labute approximate surface area is 216 Å². The molecule has 0 atom stereocenters. The van der Waals surface area contributed by atoms with Gasteiger partial charge in [-0.25, -0.2) is 9.79 Å². The highest BCUT2D eigenvalue weighted by Gasteiger charge is 2.30. The van der Waals surface area contributed by atoms with Crippen molar-refractivity contribution in [3.8, 4) is 5.75 Å². The summed E-state index contributed by atoms with van der Waals surface area (Å²) in [4.78, 5) is 31.1. The average molecular weight is 527 g/mol. The molecule has 12 heteroatoms. The summed E-state index contributed by atoms with van der Waals surface area (Å²) in [6.07, 6.45) is -2.29. The second kappa shape index (κ2) is 10.2. The first-order chi connectivity index (χ1) is 18.2. The lowest BCUT2D eigenvalue weighted by Crippen LogP contribution is -2.44. The molecule has 3 N–H and O–H groups in total. The number of halogens is 3. The van der Waals surface area contributed by atoms with Crippen LogP contribution in [-0.2, 0) is 11.0 Å². The van der Waals surface area contributed by atoms with Crippen molar-refractivity contribution in [3.63, 3.8) is 0 Å². The largest absolute Gasteiger partial charge is 0.439 e. The number of nitrogens with one attached hydrogen (secondary N) is 3. The zero-order valence-electron chi connectivity index (χ0n) is 20.4. The smallest absolute Gasteiger partial charge is 0.416 e. The first-order valence-electron chi connectivity index (χ1n) is 11.9. The number of nitrogens with zero attached hydrogens (tertiary/aromatic N) is 3. The van der Waals surface area contributed by atoms with Gasteiger partial charge in [0.1, 0.15) is 12.4 Å². The van der Waals surface area contributed by atoms with Crippen LogP contribution >= 0.6 is 0 Å². The maximum absolute atomic E-state index is 13.0. The number of likely N-dealkylation sites (N-methyl/N-ethyl adjacent to an activating group) is 1. The average Bonchev–Trinajstić information content (AvgIpc) is 3.32. The summed E-state index contributed by atoms with van der Waals surface area (Å²) in [5, 5.41) is 9.12. The normalized spacial score (nSPS) is 15.9. The fourth-order valence-electron chi connectivity index (χ4n) is 4.46. The zero-order valence-corrected chi connectivity index (χ0v) is 20.4. The second-order valence-corrected chi connectivity index (χ2v) is 8.91. The van der Waals surface area contributed by atoms with E-state index in [1.54, 1.807) is 37.5 Å². The molecule has 0 saturated carbocycles. The molecule has 0 aliphatic carbocycles. The summed E-state index contributed by atoms with van der Waals surface area (Å²) in [6.45, 7) is 1.96. The Kier molecular flexibility index (Phi) is 6.81. The molecule has 1 aromatic heterocycles. The SMILES string of the molecule is CNC(=O)CN1CCC2=C(C1)NCN=C2Oc1ccc2c(ccn2C(=O)Nc2cccc(C(F)(F)F)c2)c1. The molecular weight excluding hydrogens is 501 g/mol. The number of fused-ring (bicyclic) bond motifs is 1. The molecule has 0 bridgehead atoms. The van der Waals surface area contributed by atoms with Crippen molar-refractivity contribution in [1.82, 2.24) is 20.1 Å². The number of rotatable bonds is 4. The molecule has 5 rings (SSSR count). The van der Waals surface area contributed by atoms with Crippen LogP contribution in [0.25, 0.3) is 10.9 Å². The molecular formula is C26H25F3N6O3. The maximum atomic E-state index is 13.0. The number of benzene rings is 2. The lowest BCUT2D eigenvalue weighted by atomic mass is 10.0. The third-order valence-electron chi connectivity index (χ3n) is 6.38. The Balaban J connectivity index is 1.29. The van der Waals surface area contributed by atoms with Crippen LogP contribution in [0.15, 0.2) is 71.0 Å². The van der Waals surface area contributed by atoms with Gasteiger partial charge in [0, 0.05) is 48.7 Å². The molecule has 198 valence electrons. The summed E-state index contributed by atoms with van der Waals surface area (Å²) in [7, 11) is 1.61. The van der Waals surface area contributed by atoms with Gasteiger partial charge in [-0.05, 0) is 48.9 Å². The van der Waals surface area contributed by atoms with Crippen LogP contribution in [0.2, 0.25) is 0 Å². The Morgan fingerprint density at radius 2 is 2.00 bits per heavy atom. The van der Waals surface area contributed by atoms with Crippen molar-refractivity contribution in [2.24, 2.45) is 4.99 Å². The maximum Gasteiger partial charge on any atom is 0.416 e. The van der Waals surface area contributed by atoms with E-state index in [1.807, 2.05) is 4.90 Å². The highest BCUT2D eigenvalue weighted by molar-refractivity contribution is 6.00. The Bertz CT molecular complexity index is 1460.